The van der Waals surface area contributed by atoms with Gasteiger partial charge in [-0.25, -0.2) is 4.99 Å². The van der Waals surface area contributed by atoms with Gasteiger partial charge in [-0.05, 0) is 47.9 Å². The van der Waals surface area contributed by atoms with Crippen LogP contribution in [0.25, 0.3) is 10.8 Å². The quantitative estimate of drug-likeness (QED) is 0.567. The van der Waals surface area contributed by atoms with Crippen molar-refractivity contribution in [3.63, 3.8) is 0 Å². The molecule has 5 nitrogen and oxygen atoms in total. The highest BCUT2D eigenvalue weighted by Gasteiger charge is 2.34. The molecule has 0 radical (unpaired) electrons. The van der Waals surface area contributed by atoms with Gasteiger partial charge < -0.3 is 15.4 Å². The SMILES string of the molecule is CCNC(=NCc1ccc2cc(OC)ccc2c1)NC1CCN(CC(F)(F)F)C1. The standard InChI is InChI=1S/C21H27F3N4O/c1-3-25-20(27-18-8-9-28(13-18)14-21(22,23)24)26-12-15-4-5-17-11-19(29-2)7-6-16(17)10-15/h4-7,10-11,18H,3,8-9,12-14H2,1-2H3,(H2,25,26,27). The van der Waals surface area contributed by atoms with E-state index in [2.05, 4.69) is 21.7 Å². The second-order valence-corrected chi connectivity index (χ2v) is 7.22. The van der Waals surface area contributed by atoms with Crippen LogP contribution >= 0.6 is 0 Å². The molecule has 1 aliphatic heterocycles. The molecule has 0 aliphatic carbocycles. The summed E-state index contributed by atoms with van der Waals surface area (Å²) in [6.07, 6.45) is -3.49. The van der Waals surface area contributed by atoms with Crippen molar-refractivity contribution >= 4 is 16.7 Å². The Balaban J connectivity index is 1.62. The van der Waals surface area contributed by atoms with Crippen LogP contribution in [-0.2, 0) is 6.54 Å². The third kappa shape index (κ3) is 6.25. The van der Waals surface area contributed by atoms with Crippen LogP contribution in [0.1, 0.15) is 18.9 Å². The lowest BCUT2D eigenvalue weighted by molar-refractivity contribution is -0.143. The summed E-state index contributed by atoms with van der Waals surface area (Å²) < 4.78 is 43.0. The Morgan fingerprint density at radius 1 is 1.21 bits per heavy atom. The average molecular weight is 408 g/mol. The van der Waals surface area contributed by atoms with Crippen LogP contribution in [0.15, 0.2) is 41.4 Å². The van der Waals surface area contributed by atoms with Gasteiger partial charge in [-0.15, -0.1) is 0 Å². The van der Waals surface area contributed by atoms with Crippen molar-refractivity contribution in [3.05, 3.63) is 42.0 Å². The lowest BCUT2D eigenvalue weighted by Gasteiger charge is -2.19. The van der Waals surface area contributed by atoms with Crippen LogP contribution in [0.2, 0.25) is 0 Å². The van der Waals surface area contributed by atoms with Gasteiger partial charge in [0.15, 0.2) is 5.96 Å². The number of guanidine groups is 1. The summed E-state index contributed by atoms with van der Waals surface area (Å²) in [5.74, 6) is 1.44. The third-order valence-corrected chi connectivity index (χ3v) is 4.89. The predicted molar refractivity (Wildman–Crippen MR) is 109 cm³/mol. The molecular formula is C21H27F3N4O. The first-order valence-electron chi connectivity index (χ1n) is 9.77. The Bertz CT molecular complexity index is 853. The highest BCUT2D eigenvalue weighted by atomic mass is 19.4. The Hall–Kier alpha value is -2.48. The Labute approximate surface area is 168 Å². The van der Waals surface area contributed by atoms with E-state index in [0.717, 1.165) is 22.1 Å². The number of fused-ring (bicyclic) bond motifs is 1. The first-order valence-corrected chi connectivity index (χ1v) is 9.77. The maximum absolute atomic E-state index is 12.6. The normalized spacial score (nSPS) is 18.2. The van der Waals surface area contributed by atoms with E-state index in [0.29, 0.717) is 38.6 Å². The van der Waals surface area contributed by atoms with Crippen LogP contribution in [-0.4, -0.2) is 56.4 Å². The summed E-state index contributed by atoms with van der Waals surface area (Å²) in [5.41, 5.74) is 1.06. The number of likely N-dealkylation sites (tertiary alicyclic amines) is 1. The fourth-order valence-corrected chi connectivity index (χ4v) is 3.53. The number of rotatable bonds is 6. The van der Waals surface area contributed by atoms with Crippen LogP contribution in [0.3, 0.4) is 0 Å². The molecule has 158 valence electrons. The van der Waals surface area contributed by atoms with Crippen molar-refractivity contribution < 1.29 is 17.9 Å². The van der Waals surface area contributed by atoms with Crippen molar-refractivity contribution in [1.29, 1.82) is 0 Å². The van der Waals surface area contributed by atoms with E-state index < -0.39 is 12.7 Å². The molecular weight excluding hydrogens is 381 g/mol. The molecule has 2 aromatic carbocycles. The van der Waals surface area contributed by atoms with Gasteiger partial charge in [-0.3, -0.25) is 4.90 Å². The lowest BCUT2D eigenvalue weighted by atomic mass is 10.1. The van der Waals surface area contributed by atoms with Crippen LogP contribution in [0, 0.1) is 0 Å². The number of hydrogen-bond acceptors (Lipinski definition) is 3. The molecule has 1 saturated heterocycles. The summed E-state index contributed by atoms with van der Waals surface area (Å²) in [6.45, 7) is 3.07. The maximum Gasteiger partial charge on any atom is 0.401 e. The minimum Gasteiger partial charge on any atom is -0.497 e. The number of ether oxygens (including phenoxy) is 1. The van der Waals surface area contributed by atoms with Gasteiger partial charge in [-0.2, -0.15) is 13.2 Å². The van der Waals surface area contributed by atoms with Gasteiger partial charge in [0.2, 0.25) is 0 Å². The highest BCUT2D eigenvalue weighted by Crippen LogP contribution is 2.22. The molecule has 29 heavy (non-hydrogen) atoms. The maximum atomic E-state index is 12.6. The molecule has 3 rings (SSSR count). The van der Waals surface area contributed by atoms with Crippen molar-refractivity contribution in [2.75, 3.05) is 33.3 Å². The van der Waals surface area contributed by atoms with Crippen LogP contribution in [0.5, 0.6) is 5.75 Å². The summed E-state index contributed by atoms with van der Waals surface area (Å²) in [7, 11) is 1.65. The number of benzene rings is 2. The molecule has 0 saturated carbocycles. The molecule has 8 heteroatoms. The van der Waals surface area contributed by atoms with Crippen LogP contribution in [0.4, 0.5) is 13.2 Å². The van der Waals surface area contributed by atoms with E-state index in [1.54, 1.807) is 7.11 Å². The number of alkyl halides is 3. The summed E-state index contributed by atoms with van der Waals surface area (Å²) in [5, 5.41) is 8.65. The average Bonchev–Trinajstić information content (AvgIpc) is 3.10. The van der Waals surface area contributed by atoms with Crippen molar-refractivity contribution in [1.82, 2.24) is 15.5 Å². The number of nitrogens with one attached hydrogen (secondary N) is 2. The van der Waals surface area contributed by atoms with Gasteiger partial charge >= 0.3 is 6.18 Å². The molecule has 1 atom stereocenters. The number of aliphatic imine (C=N–C) groups is 1. The Morgan fingerprint density at radius 3 is 2.69 bits per heavy atom. The molecule has 1 aliphatic rings. The Kier molecular flexibility index (Phi) is 6.84. The van der Waals surface area contributed by atoms with Gasteiger partial charge in [-0.1, -0.05) is 18.2 Å². The molecule has 1 heterocycles. The smallest absolute Gasteiger partial charge is 0.401 e. The zero-order valence-electron chi connectivity index (χ0n) is 16.7. The summed E-state index contributed by atoms with van der Waals surface area (Å²) in [6, 6.07) is 12.0. The number of halogens is 3. The molecule has 2 N–H and O–H groups in total. The van der Waals surface area contributed by atoms with Crippen LogP contribution < -0.4 is 15.4 Å². The molecule has 1 unspecified atom stereocenters. The third-order valence-electron chi connectivity index (χ3n) is 4.89. The first kappa shape index (κ1) is 21.2. The molecule has 2 aromatic rings. The monoisotopic (exact) mass is 408 g/mol. The minimum atomic E-state index is -4.16. The van der Waals surface area contributed by atoms with Crippen molar-refractivity contribution in [3.8, 4) is 5.75 Å². The number of methoxy groups -OCH3 is 1. The summed E-state index contributed by atoms with van der Waals surface area (Å²) >= 11 is 0. The van der Waals surface area contributed by atoms with Crippen molar-refractivity contribution in [2.24, 2.45) is 4.99 Å². The molecule has 0 amide bonds. The predicted octanol–water partition coefficient (Wildman–Crippen LogP) is 3.54. The van der Waals surface area contributed by atoms with E-state index in [4.69, 9.17) is 4.74 Å². The Morgan fingerprint density at radius 2 is 1.97 bits per heavy atom. The molecule has 0 spiro atoms. The number of hydrogen-bond donors (Lipinski definition) is 2. The van der Waals surface area contributed by atoms with Gasteiger partial charge in [0.1, 0.15) is 5.75 Å². The van der Waals surface area contributed by atoms with E-state index in [-0.39, 0.29) is 6.04 Å². The second kappa shape index (κ2) is 9.35. The minimum absolute atomic E-state index is 0.0424. The lowest BCUT2D eigenvalue weighted by Crippen LogP contribution is -2.45. The summed E-state index contributed by atoms with van der Waals surface area (Å²) in [4.78, 5) is 6.05. The highest BCUT2D eigenvalue weighted by molar-refractivity contribution is 5.84. The number of nitrogens with zero attached hydrogens (tertiary/aromatic N) is 2. The van der Waals surface area contributed by atoms with Gasteiger partial charge in [0.25, 0.3) is 0 Å². The van der Waals surface area contributed by atoms with E-state index in [1.807, 2.05) is 37.3 Å². The second-order valence-electron chi connectivity index (χ2n) is 7.22. The largest absolute Gasteiger partial charge is 0.497 e. The zero-order valence-corrected chi connectivity index (χ0v) is 16.7. The molecule has 1 fully saturated rings. The molecule has 0 bridgehead atoms. The van der Waals surface area contributed by atoms with Gasteiger partial charge in [0, 0.05) is 25.7 Å². The van der Waals surface area contributed by atoms with E-state index in [1.165, 1.54) is 4.90 Å². The topological polar surface area (TPSA) is 48.9 Å². The molecule has 0 aromatic heterocycles. The fraction of sp³-hybridized carbons (Fsp3) is 0.476. The fourth-order valence-electron chi connectivity index (χ4n) is 3.53. The first-order chi connectivity index (χ1) is 13.9. The van der Waals surface area contributed by atoms with Gasteiger partial charge in [0.05, 0.1) is 20.2 Å². The van der Waals surface area contributed by atoms with E-state index >= 15 is 0 Å². The van der Waals surface area contributed by atoms with Crippen molar-refractivity contribution in [2.45, 2.75) is 32.1 Å². The van der Waals surface area contributed by atoms with E-state index in [9.17, 15) is 13.2 Å². The zero-order chi connectivity index (χ0) is 20.9.